The summed E-state index contributed by atoms with van der Waals surface area (Å²) in [4.78, 5) is 0. The third-order valence-corrected chi connectivity index (χ3v) is 1.84. The van der Waals surface area contributed by atoms with Gasteiger partial charge in [-0.25, -0.2) is 0 Å². The fourth-order valence-electron chi connectivity index (χ4n) is 1.10. The Morgan fingerprint density at radius 2 is 2.07 bits per heavy atom. The molecule has 1 rings (SSSR count). The number of aliphatic hydroxyl groups is 1. The summed E-state index contributed by atoms with van der Waals surface area (Å²) in [7, 11) is 0. The lowest BCUT2D eigenvalue weighted by atomic mass is 10.1. The predicted octanol–water partition coefficient (Wildman–Crippen LogP) is 1.55. The number of anilines is 1. The quantitative estimate of drug-likeness (QED) is 0.757. The highest BCUT2D eigenvalue weighted by atomic mass is 16.3. The molecule has 0 aliphatic carbocycles. The molecule has 0 spiro atoms. The van der Waals surface area contributed by atoms with Crippen molar-refractivity contribution in [3.63, 3.8) is 0 Å². The van der Waals surface area contributed by atoms with Crippen LogP contribution in [0.15, 0.2) is 24.3 Å². The average Bonchev–Trinajstić information content (AvgIpc) is 2.17. The van der Waals surface area contributed by atoms with Crippen molar-refractivity contribution < 1.29 is 5.11 Å². The number of nitrogens with one attached hydrogen (secondary N) is 1. The molecule has 0 aliphatic heterocycles. The van der Waals surface area contributed by atoms with E-state index in [1.165, 1.54) is 0 Å². The summed E-state index contributed by atoms with van der Waals surface area (Å²) >= 11 is 0. The molecule has 0 aliphatic rings. The van der Waals surface area contributed by atoms with Crippen LogP contribution in [0.5, 0.6) is 0 Å². The summed E-state index contributed by atoms with van der Waals surface area (Å²) in [6.45, 7) is 2.27. The molecule has 0 saturated carbocycles. The number of hydrogen-bond donors (Lipinski definition) is 2. The second-order valence-electron chi connectivity index (χ2n) is 3.26. The molecule has 0 amide bonds. The topological polar surface area (TPSA) is 56.0 Å². The van der Waals surface area contributed by atoms with Gasteiger partial charge < -0.3 is 10.4 Å². The van der Waals surface area contributed by atoms with Gasteiger partial charge in [0.05, 0.1) is 18.6 Å². The van der Waals surface area contributed by atoms with E-state index < -0.39 is 0 Å². The lowest BCUT2D eigenvalue weighted by Gasteiger charge is -2.08. The second kappa shape index (κ2) is 5.25. The van der Waals surface area contributed by atoms with Crippen molar-refractivity contribution in [1.29, 1.82) is 5.26 Å². The van der Waals surface area contributed by atoms with Crippen molar-refractivity contribution in [2.45, 2.75) is 19.4 Å². The van der Waals surface area contributed by atoms with Crippen molar-refractivity contribution in [2.24, 2.45) is 0 Å². The maximum absolute atomic E-state index is 9.05. The summed E-state index contributed by atoms with van der Waals surface area (Å²) in [5.74, 6) is 0. The first-order valence-corrected chi connectivity index (χ1v) is 4.60. The summed E-state index contributed by atoms with van der Waals surface area (Å²) < 4.78 is 0. The molecule has 2 N–H and O–H groups in total. The molecule has 0 aromatic heterocycles. The molecule has 0 heterocycles. The molecule has 1 atom stereocenters. The zero-order valence-corrected chi connectivity index (χ0v) is 8.20. The van der Waals surface area contributed by atoms with Gasteiger partial charge >= 0.3 is 0 Å². The van der Waals surface area contributed by atoms with Gasteiger partial charge in [0.2, 0.25) is 0 Å². The van der Waals surface area contributed by atoms with Gasteiger partial charge in [-0.3, -0.25) is 0 Å². The fraction of sp³-hybridized carbons (Fsp3) is 0.364. The third-order valence-electron chi connectivity index (χ3n) is 1.84. The van der Waals surface area contributed by atoms with Gasteiger partial charge in [-0.2, -0.15) is 5.26 Å². The fourth-order valence-corrected chi connectivity index (χ4v) is 1.10. The predicted molar refractivity (Wildman–Crippen MR) is 55.9 cm³/mol. The largest absolute Gasteiger partial charge is 0.392 e. The average molecular weight is 190 g/mol. The van der Waals surface area contributed by atoms with Crippen LogP contribution in [0.1, 0.15) is 12.5 Å². The minimum atomic E-state index is -0.353. The first-order chi connectivity index (χ1) is 6.72. The molecule has 3 nitrogen and oxygen atoms in total. The highest BCUT2D eigenvalue weighted by molar-refractivity contribution is 5.45. The first-order valence-electron chi connectivity index (χ1n) is 4.60. The Kier molecular flexibility index (Phi) is 3.96. The Morgan fingerprint density at radius 1 is 1.43 bits per heavy atom. The standard InChI is InChI=1S/C11H14N2O/c1-9(14)8-13-11-4-2-10(3-5-11)6-7-12/h2-5,9,13-14H,6,8H2,1H3. The zero-order valence-electron chi connectivity index (χ0n) is 8.20. The van der Waals surface area contributed by atoms with E-state index in [2.05, 4.69) is 11.4 Å². The van der Waals surface area contributed by atoms with Crippen molar-refractivity contribution in [2.75, 3.05) is 11.9 Å². The van der Waals surface area contributed by atoms with Gasteiger partial charge in [-0.05, 0) is 24.6 Å². The molecule has 14 heavy (non-hydrogen) atoms. The van der Waals surface area contributed by atoms with Gasteiger partial charge in [0.15, 0.2) is 0 Å². The van der Waals surface area contributed by atoms with E-state index in [4.69, 9.17) is 10.4 Å². The van der Waals surface area contributed by atoms with Crippen molar-refractivity contribution >= 4 is 5.69 Å². The van der Waals surface area contributed by atoms with Crippen LogP contribution < -0.4 is 5.32 Å². The number of rotatable bonds is 4. The third kappa shape index (κ3) is 3.46. The molecule has 0 saturated heterocycles. The Bertz CT molecular complexity index is 311. The number of nitrogens with zero attached hydrogens (tertiary/aromatic N) is 1. The molecular formula is C11H14N2O. The van der Waals surface area contributed by atoms with Crippen LogP contribution in [0.25, 0.3) is 0 Å². The lowest BCUT2D eigenvalue weighted by Crippen LogP contribution is -2.15. The maximum atomic E-state index is 9.05. The lowest BCUT2D eigenvalue weighted by molar-refractivity contribution is 0.208. The molecule has 1 aromatic carbocycles. The van der Waals surface area contributed by atoms with Gasteiger partial charge in [0.25, 0.3) is 0 Å². The van der Waals surface area contributed by atoms with Crippen LogP contribution in [-0.2, 0) is 6.42 Å². The van der Waals surface area contributed by atoms with Crippen LogP contribution in [-0.4, -0.2) is 17.8 Å². The smallest absolute Gasteiger partial charge is 0.0684 e. The Hall–Kier alpha value is -1.53. The summed E-state index contributed by atoms with van der Waals surface area (Å²) in [6, 6.07) is 9.74. The molecule has 0 fully saturated rings. The molecule has 0 radical (unpaired) electrons. The van der Waals surface area contributed by atoms with Crippen LogP contribution in [0.2, 0.25) is 0 Å². The van der Waals surface area contributed by atoms with Crippen molar-refractivity contribution in [3.8, 4) is 6.07 Å². The highest BCUT2D eigenvalue weighted by Crippen LogP contribution is 2.09. The molecule has 0 bridgehead atoms. The molecule has 1 unspecified atom stereocenters. The van der Waals surface area contributed by atoms with Crippen LogP contribution in [0.4, 0.5) is 5.69 Å². The Labute approximate surface area is 84.0 Å². The minimum Gasteiger partial charge on any atom is -0.392 e. The van der Waals surface area contributed by atoms with Gasteiger partial charge in [0, 0.05) is 12.2 Å². The normalized spacial score (nSPS) is 11.8. The van der Waals surface area contributed by atoms with E-state index in [9.17, 15) is 0 Å². The van der Waals surface area contributed by atoms with Crippen LogP contribution in [0, 0.1) is 11.3 Å². The Balaban J connectivity index is 2.52. The molecular weight excluding hydrogens is 176 g/mol. The number of nitriles is 1. The van der Waals surface area contributed by atoms with E-state index in [0.29, 0.717) is 13.0 Å². The monoisotopic (exact) mass is 190 g/mol. The maximum Gasteiger partial charge on any atom is 0.0684 e. The van der Waals surface area contributed by atoms with Crippen molar-refractivity contribution in [1.82, 2.24) is 0 Å². The second-order valence-corrected chi connectivity index (χ2v) is 3.26. The van der Waals surface area contributed by atoms with E-state index in [1.807, 2.05) is 24.3 Å². The zero-order chi connectivity index (χ0) is 10.4. The highest BCUT2D eigenvalue weighted by Gasteiger charge is 1.96. The minimum absolute atomic E-state index is 0.353. The van der Waals surface area contributed by atoms with E-state index >= 15 is 0 Å². The van der Waals surface area contributed by atoms with E-state index in [-0.39, 0.29) is 6.10 Å². The molecule has 74 valence electrons. The van der Waals surface area contributed by atoms with E-state index in [0.717, 1.165) is 11.3 Å². The number of benzene rings is 1. The number of hydrogen-bond acceptors (Lipinski definition) is 3. The van der Waals surface area contributed by atoms with Crippen LogP contribution in [0.3, 0.4) is 0 Å². The Morgan fingerprint density at radius 3 is 2.57 bits per heavy atom. The first kappa shape index (κ1) is 10.6. The van der Waals surface area contributed by atoms with E-state index in [1.54, 1.807) is 6.92 Å². The van der Waals surface area contributed by atoms with Crippen LogP contribution >= 0.6 is 0 Å². The van der Waals surface area contributed by atoms with Gasteiger partial charge in [0.1, 0.15) is 0 Å². The molecule has 3 heteroatoms. The van der Waals surface area contributed by atoms with Gasteiger partial charge in [-0.15, -0.1) is 0 Å². The summed E-state index contributed by atoms with van der Waals surface area (Å²) in [5, 5.41) is 20.6. The van der Waals surface area contributed by atoms with Crippen molar-refractivity contribution in [3.05, 3.63) is 29.8 Å². The van der Waals surface area contributed by atoms with Gasteiger partial charge in [-0.1, -0.05) is 12.1 Å². The summed E-state index contributed by atoms with van der Waals surface area (Å²) in [6.07, 6.45) is 0.0882. The SMILES string of the molecule is CC(O)CNc1ccc(CC#N)cc1. The number of aliphatic hydroxyl groups excluding tert-OH is 1. The molecule has 1 aromatic rings. The summed E-state index contributed by atoms with van der Waals surface area (Å²) in [5.41, 5.74) is 1.97.